The molecule has 0 spiro atoms. The lowest BCUT2D eigenvalue weighted by atomic mass is 10.2. The summed E-state index contributed by atoms with van der Waals surface area (Å²) in [6.45, 7) is 1.58. The molecule has 0 saturated carbocycles. The molecule has 2 heterocycles. The molecule has 2 aromatic heterocycles. The second-order valence-corrected chi connectivity index (χ2v) is 3.96. The normalized spacial score (nSPS) is 11.3. The van der Waals surface area contributed by atoms with E-state index in [1.54, 1.807) is 19.1 Å². The van der Waals surface area contributed by atoms with E-state index in [0.29, 0.717) is 11.4 Å². The number of aliphatic hydroxyl groups excluding tert-OH is 1. The first-order chi connectivity index (χ1) is 9.70. The lowest BCUT2D eigenvalue weighted by Gasteiger charge is -2.10. The third-order valence-electron chi connectivity index (χ3n) is 2.50. The molecule has 0 aromatic carbocycles. The summed E-state index contributed by atoms with van der Waals surface area (Å²) in [5.41, 5.74) is 0.921. The van der Waals surface area contributed by atoms with E-state index >= 15 is 0 Å². The smallest absolute Gasteiger partial charge is 0.270 e. The van der Waals surface area contributed by atoms with Gasteiger partial charge in [0.05, 0.1) is 6.04 Å². The Morgan fingerprint density at radius 1 is 1.50 bits per heavy atom. The van der Waals surface area contributed by atoms with Gasteiger partial charge in [-0.1, -0.05) is 11.8 Å². The lowest BCUT2D eigenvalue weighted by molar-refractivity contribution is 0.0933. The van der Waals surface area contributed by atoms with Gasteiger partial charge in [0.25, 0.3) is 5.91 Å². The molecular formula is C13H13N5O2. The Hall–Kier alpha value is -2.72. The second-order valence-electron chi connectivity index (χ2n) is 3.96. The van der Waals surface area contributed by atoms with Crippen molar-refractivity contribution >= 4 is 5.91 Å². The summed E-state index contributed by atoms with van der Waals surface area (Å²) < 4.78 is 0. The predicted octanol–water partition coefficient (Wildman–Crippen LogP) is 0.0345. The van der Waals surface area contributed by atoms with Crippen LogP contribution in [0.2, 0.25) is 0 Å². The number of rotatable bonds is 3. The van der Waals surface area contributed by atoms with E-state index in [2.05, 4.69) is 37.3 Å². The van der Waals surface area contributed by atoms with Gasteiger partial charge in [0.2, 0.25) is 0 Å². The van der Waals surface area contributed by atoms with Crippen molar-refractivity contribution in [3.63, 3.8) is 0 Å². The van der Waals surface area contributed by atoms with E-state index in [0.717, 1.165) is 0 Å². The molecule has 0 aliphatic heterocycles. The summed E-state index contributed by atoms with van der Waals surface area (Å²) in [5.74, 6) is 5.48. The molecule has 102 valence electrons. The molecule has 1 atom stereocenters. The maximum absolute atomic E-state index is 12.0. The van der Waals surface area contributed by atoms with Crippen LogP contribution < -0.4 is 5.32 Å². The first-order valence-corrected chi connectivity index (χ1v) is 5.92. The number of nitrogens with zero attached hydrogens (tertiary/aromatic N) is 3. The van der Waals surface area contributed by atoms with E-state index < -0.39 is 0 Å². The van der Waals surface area contributed by atoms with Crippen LogP contribution in [0.5, 0.6) is 0 Å². The Labute approximate surface area is 115 Å². The number of hydrogen-bond donors (Lipinski definition) is 3. The first-order valence-electron chi connectivity index (χ1n) is 5.92. The van der Waals surface area contributed by atoms with Gasteiger partial charge in [-0.2, -0.15) is 5.10 Å². The third kappa shape index (κ3) is 3.40. The zero-order valence-electron chi connectivity index (χ0n) is 10.8. The van der Waals surface area contributed by atoms with Crippen molar-refractivity contribution in [3.05, 3.63) is 41.7 Å². The van der Waals surface area contributed by atoms with Crippen LogP contribution >= 0.6 is 0 Å². The van der Waals surface area contributed by atoms with Crippen molar-refractivity contribution in [2.75, 3.05) is 6.61 Å². The SMILES string of the molecule is CC(NC(=O)c1ccc(C#CCO)cn1)c1ncn[nH]1. The molecule has 2 aromatic rings. The Kier molecular flexibility index (Phi) is 4.42. The Morgan fingerprint density at radius 3 is 2.95 bits per heavy atom. The number of aromatic amines is 1. The van der Waals surface area contributed by atoms with Crippen molar-refractivity contribution in [3.8, 4) is 11.8 Å². The van der Waals surface area contributed by atoms with E-state index in [9.17, 15) is 4.79 Å². The third-order valence-corrected chi connectivity index (χ3v) is 2.50. The van der Waals surface area contributed by atoms with Crippen LogP contribution in [0.4, 0.5) is 0 Å². The summed E-state index contributed by atoms with van der Waals surface area (Å²) in [7, 11) is 0. The monoisotopic (exact) mass is 271 g/mol. The molecular weight excluding hydrogens is 258 g/mol. The van der Waals surface area contributed by atoms with Crippen LogP contribution in [0.25, 0.3) is 0 Å². The van der Waals surface area contributed by atoms with Crippen molar-refractivity contribution in [2.24, 2.45) is 0 Å². The summed E-state index contributed by atoms with van der Waals surface area (Å²) in [4.78, 5) is 20.0. The Balaban J connectivity index is 2.02. The molecule has 20 heavy (non-hydrogen) atoms. The van der Waals surface area contributed by atoms with Gasteiger partial charge in [0.15, 0.2) is 0 Å². The van der Waals surface area contributed by atoms with Crippen molar-refractivity contribution in [1.29, 1.82) is 0 Å². The maximum Gasteiger partial charge on any atom is 0.270 e. The minimum atomic E-state index is -0.310. The molecule has 3 N–H and O–H groups in total. The van der Waals surface area contributed by atoms with Gasteiger partial charge in [-0.3, -0.25) is 9.89 Å². The van der Waals surface area contributed by atoms with Crippen LogP contribution in [0.15, 0.2) is 24.7 Å². The van der Waals surface area contributed by atoms with Crippen molar-refractivity contribution < 1.29 is 9.90 Å². The summed E-state index contributed by atoms with van der Waals surface area (Å²) in [6.07, 6.45) is 2.86. The number of aromatic nitrogens is 4. The minimum Gasteiger partial charge on any atom is -0.384 e. The molecule has 2 rings (SSSR count). The van der Waals surface area contributed by atoms with Crippen molar-refractivity contribution in [2.45, 2.75) is 13.0 Å². The highest BCUT2D eigenvalue weighted by Crippen LogP contribution is 2.06. The number of H-pyrrole nitrogens is 1. The number of amides is 1. The van der Waals surface area contributed by atoms with Crippen LogP contribution in [0.3, 0.4) is 0 Å². The molecule has 0 fully saturated rings. The number of carbonyl (C=O) groups excluding carboxylic acids is 1. The Bertz CT molecular complexity index is 625. The molecule has 0 saturated heterocycles. The van der Waals surface area contributed by atoms with Gasteiger partial charge in [0.1, 0.15) is 24.5 Å². The topological polar surface area (TPSA) is 104 Å². The van der Waals surface area contributed by atoms with Gasteiger partial charge in [-0.15, -0.1) is 0 Å². The van der Waals surface area contributed by atoms with Crippen LogP contribution in [-0.4, -0.2) is 37.8 Å². The molecule has 0 aliphatic rings. The van der Waals surface area contributed by atoms with E-state index in [1.807, 2.05) is 0 Å². The maximum atomic E-state index is 12.0. The van der Waals surface area contributed by atoms with Gasteiger partial charge < -0.3 is 10.4 Å². The Morgan fingerprint density at radius 2 is 2.35 bits per heavy atom. The van der Waals surface area contributed by atoms with Crippen LogP contribution in [0, 0.1) is 11.8 Å². The highest BCUT2D eigenvalue weighted by Gasteiger charge is 2.14. The zero-order chi connectivity index (χ0) is 14.4. The average Bonchev–Trinajstić information content (AvgIpc) is 3.00. The summed E-state index contributed by atoms with van der Waals surface area (Å²) >= 11 is 0. The molecule has 0 aliphatic carbocycles. The van der Waals surface area contributed by atoms with Gasteiger partial charge in [-0.25, -0.2) is 9.97 Å². The molecule has 0 bridgehead atoms. The minimum absolute atomic E-state index is 0.211. The largest absolute Gasteiger partial charge is 0.384 e. The number of nitrogens with one attached hydrogen (secondary N) is 2. The quantitative estimate of drug-likeness (QED) is 0.683. The molecule has 1 unspecified atom stereocenters. The predicted molar refractivity (Wildman–Crippen MR) is 70.5 cm³/mol. The van der Waals surface area contributed by atoms with Gasteiger partial charge in [0, 0.05) is 11.8 Å². The van der Waals surface area contributed by atoms with E-state index in [-0.39, 0.29) is 24.2 Å². The summed E-state index contributed by atoms with van der Waals surface area (Å²) in [6, 6.07) is 2.95. The van der Waals surface area contributed by atoms with Gasteiger partial charge >= 0.3 is 0 Å². The van der Waals surface area contributed by atoms with E-state index in [4.69, 9.17) is 5.11 Å². The molecule has 7 heteroatoms. The fourth-order valence-electron chi connectivity index (χ4n) is 1.51. The zero-order valence-corrected chi connectivity index (χ0v) is 10.8. The number of hydrogen-bond acceptors (Lipinski definition) is 5. The molecule has 1 amide bonds. The van der Waals surface area contributed by atoms with Gasteiger partial charge in [-0.05, 0) is 19.1 Å². The van der Waals surface area contributed by atoms with Crippen LogP contribution in [-0.2, 0) is 0 Å². The second kappa shape index (κ2) is 6.45. The standard InChI is InChI=1S/C13H13N5O2/c1-9(12-15-8-16-18-12)17-13(20)11-5-4-10(7-14-11)3-2-6-19/h4-5,7-9,19H,6H2,1H3,(H,17,20)(H,15,16,18). The molecule has 7 nitrogen and oxygen atoms in total. The fourth-order valence-corrected chi connectivity index (χ4v) is 1.51. The van der Waals surface area contributed by atoms with Crippen molar-refractivity contribution in [1.82, 2.24) is 25.5 Å². The van der Waals surface area contributed by atoms with E-state index in [1.165, 1.54) is 12.5 Å². The average molecular weight is 271 g/mol. The fraction of sp³-hybridized carbons (Fsp3) is 0.231. The van der Waals surface area contributed by atoms with Crippen LogP contribution in [0.1, 0.15) is 34.8 Å². The number of pyridine rings is 1. The lowest BCUT2D eigenvalue weighted by Crippen LogP contribution is -2.28. The first kappa shape index (κ1) is 13.7. The highest BCUT2D eigenvalue weighted by atomic mass is 16.2. The number of carbonyl (C=O) groups is 1. The number of aliphatic hydroxyl groups is 1. The molecule has 0 radical (unpaired) electrons. The highest BCUT2D eigenvalue weighted by molar-refractivity contribution is 5.92. The summed E-state index contributed by atoms with van der Waals surface area (Å²) in [5, 5.41) is 17.8.